The molecule has 1 aliphatic rings. The summed E-state index contributed by atoms with van der Waals surface area (Å²) in [6, 6.07) is 7.78. The quantitative estimate of drug-likeness (QED) is 0.712. The maximum atomic E-state index is 11.7. The fraction of sp³-hybridized carbons (Fsp3) is 0.471. The first-order valence-corrected chi connectivity index (χ1v) is 7.61. The highest BCUT2D eigenvalue weighted by atomic mass is 16.6. The van der Waals surface area contributed by atoms with Crippen molar-refractivity contribution in [3.05, 3.63) is 29.3 Å². The molecule has 0 aromatic heterocycles. The Balaban J connectivity index is 1.71. The smallest absolute Gasteiger partial charge is 0.344 e. The maximum Gasteiger partial charge on any atom is 0.344 e. The van der Waals surface area contributed by atoms with E-state index in [2.05, 4.69) is 0 Å². The fourth-order valence-electron chi connectivity index (χ4n) is 2.42. The van der Waals surface area contributed by atoms with Crippen molar-refractivity contribution in [2.24, 2.45) is 0 Å². The van der Waals surface area contributed by atoms with Crippen molar-refractivity contribution in [3.63, 3.8) is 0 Å². The van der Waals surface area contributed by atoms with E-state index < -0.39 is 5.97 Å². The van der Waals surface area contributed by atoms with Gasteiger partial charge in [-0.05, 0) is 42.5 Å². The minimum Gasteiger partial charge on any atom is -0.482 e. The number of carbonyl (C=O) groups excluding carboxylic acids is 2. The van der Waals surface area contributed by atoms with Crippen molar-refractivity contribution in [1.29, 1.82) is 5.26 Å². The maximum absolute atomic E-state index is 11.7. The predicted octanol–water partition coefficient (Wildman–Crippen LogP) is 1.47. The summed E-state index contributed by atoms with van der Waals surface area (Å²) in [5, 5.41) is 8.46. The summed E-state index contributed by atoms with van der Waals surface area (Å²) >= 11 is 0. The second kappa shape index (κ2) is 8.18. The molecule has 0 atom stereocenters. The molecule has 0 saturated carbocycles. The minimum absolute atomic E-state index is 0.228. The summed E-state index contributed by atoms with van der Waals surface area (Å²) in [5.41, 5.74) is 2.61. The highest BCUT2D eigenvalue weighted by Crippen LogP contribution is 2.25. The molecule has 0 radical (unpaired) electrons. The van der Waals surface area contributed by atoms with Crippen LogP contribution in [0.1, 0.15) is 24.0 Å². The van der Waals surface area contributed by atoms with Gasteiger partial charge in [-0.25, -0.2) is 4.79 Å². The van der Waals surface area contributed by atoms with E-state index in [1.807, 2.05) is 24.3 Å². The molecule has 6 nitrogen and oxygen atoms in total. The van der Waals surface area contributed by atoms with E-state index in [1.165, 1.54) is 16.0 Å². The Hall–Kier alpha value is -2.55. The van der Waals surface area contributed by atoms with Crippen LogP contribution in [0.4, 0.5) is 0 Å². The highest BCUT2D eigenvalue weighted by molar-refractivity contribution is 5.80. The third kappa shape index (κ3) is 4.99. The molecule has 1 aromatic rings. The zero-order chi connectivity index (χ0) is 16.7. The van der Waals surface area contributed by atoms with E-state index in [0.717, 1.165) is 19.3 Å². The first-order valence-electron chi connectivity index (χ1n) is 7.61. The number of aryl methyl sites for hydroxylation is 2. The van der Waals surface area contributed by atoms with Crippen molar-refractivity contribution in [1.82, 2.24) is 4.90 Å². The number of carbonyl (C=O) groups is 2. The van der Waals surface area contributed by atoms with E-state index in [9.17, 15) is 9.59 Å². The Morgan fingerprint density at radius 3 is 2.83 bits per heavy atom. The van der Waals surface area contributed by atoms with Gasteiger partial charge in [-0.3, -0.25) is 4.79 Å². The van der Waals surface area contributed by atoms with Crippen LogP contribution in [-0.2, 0) is 27.2 Å². The minimum atomic E-state index is -0.590. The van der Waals surface area contributed by atoms with Gasteiger partial charge < -0.3 is 14.4 Å². The van der Waals surface area contributed by atoms with Gasteiger partial charge in [0.1, 0.15) is 5.75 Å². The number of likely N-dealkylation sites (N-methyl/N-ethyl adjacent to an activating group) is 1. The molecule has 0 unspecified atom stereocenters. The molecule has 6 heteroatoms. The number of ether oxygens (including phenoxy) is 2. The van der Waals surface area contributed by atoms with Crippen LogP contribution in [0.15, 0.2) is 18.2 Å². The zero-order valence-corrected chi connectivity index (χ0v) is 13.2. The molecule has 2 rings (SSSR count). The third-order valence-electron chi connectivity index (χ3n) is 3.77. The van der Waals surface area contributed by atoms with Crippen LogP contribution in [0.2, 0.25) is 0 Å². The Kier molecular flexibility index (Phi) is 5.98. The monoisotopic (exact) mass is 316 g/mol. The lowest BCUT2D eigenvalue weighted by Gasteiger charge is -2.15. The summed E-state index contributed by atoms with van der Waals surface area (Å²) in [7, 11) is 1.56. The second-order valence-electron chi connectivity index (χ2n) is 5.46. The van der Waals surface area contributed by atoms with Gasteiger partial charge in [-0.15, -0.1) is 0 Å². The van der Waals surface area contributed by atoms with E-state index in [1.54, 1.807) is 7.05 Å². The standard InChI is InChI=1S/C17H20N2O4/c1-19(9-3-8-18)16(20)11-23-17(21)12-22-15-7-6-13-4-2-5-14(13)10-15/h6-7,10H,2-5,9,11-12H2,1H3. The SMILES string of the molecule is CN(CCC#N)C(=O)COC(=O)COc1ccc2c(c1)CCC2. The Morgan fingerprint density at radius 1 is 1.26 bits per heavy atom. The summed E-state index contributed by atoms with van der Waals surface area (Å²) in [5.74, 6) is -0.293. The lowest BCUT2D eigenvalue weighted by molar-refractivity contribution is -0.153. The number of nitriles is 1. The van der Waals surface area contributed by atoms with E-state index >= 15 is 0 Å². The molecule has 0 aliphatic heterocycles. The molecule has 1 aromatic carbocycles. The highest BCUT2D eigenvalue weighted by Gasteiger charge is 2.14. The summed E-state index contributed by atoms with van der Waals surface area (Å²) in [4.78, 5) is 24.6. The number of hydrogen-bond donors (Lipinski definition) is 0. The average molecular weight is 316 g/mol. The molecular weight excluding hydrogens is 296 g/mol. The molecule has 0 N–H and O–H groups in total. The van der Waals surface area contributed by atoms with Gasteiger partial charge in [0.15, 0.2) is 13.2 Å². The molecule has 0 spiro atoms. The first-order chi connectivity index (χ1) is 11.1. The summed E-state index contributed by atoms with van der Waals surface area (Å²) in [6.07, 6.45) is 3.54. The van der Waals surface area contributed by atoms with Crippen LogP contribution in [0.25, 0.3) is 0 Å². The van der Waals surface area contributed by atoms with E-state index in [0.29, 0.717) is 12.3 Å². The number of benzene rings is 1. The zero-order valence-electron chi connectivity index (χ0n) is 13.2. The van der Waals surface area contributed by atoms with Crippen molar-refractivity contribution in [2.45, 2.75) is 25.7 Å². The van der Waals surface area contributed by atoms with Gasteiger partial charge in [-0.2, -0.15) is 5.26 Å². The Labute approximate surface area is 135 Å². The van der Waals surface area contributed by atoms with Crippen LogP contribution < -0.4 is 4.74 Å². The first kappa shape index (κ1) is 16.8. The summed E-state index contributed by atoms with van der Waals surface area (Å²) in [6.45, 7) is -0.249. The Bertz CT molecular complexity index is 622. The van der Waals surface area contributed by atoms with Gasteiger partial charge in [0.05, 0.1) is 12.5 Å². The summed E-state index contributed by atoms with van der Waals surface area (Å²) < 4.78 is 10.3. The molecule has 122 valence electrons. The lowest BCUT2D eigenvalue weighted by Crippen LogP contribution is -2.32. The fourth-order valence-corrected chi connectivity index (χ4v) is 2.42. The molecule has 23 heavy (non-hydrogen) atoms. The van der Waals surface area contributed by atoms with Crippen LogP contribution >= 0.6 is 0 Å². The number of nitrogens with zero attached hydrogens (tertiary/aromatic N) is 2. The lowest BCUT2D eigenvalue weighted by atomic mass is 10.1. The van der Waals surface area contributed by atoms with Crippen LogP contribution in [0.3, 0.4) is 0 Å². The third-order valence-corrected chi connectivity index (χ3v) is 3.77. The molecule has 1 amide bonds. The number of amides is 1. The Morgan fingerprint density at radius 2 is 2.04 bits per heavy atom. The van der Waals surface area contributed by atoms with Crippen molar-refractivity contribution < 1.29 is 19.1 Å². The molecule has 0 fully saturated rings. The van der Waals surface area contributed by atoms with E-state index in [-0.39, 0.29) is 25.5 Å². The van der Waals surface area contributed by atoms with E-state index in [4.69, 9.17) is 14.7 Å². The number of esters is 1. The van der Waals surface area contributed by atoms with Crippen LogP contribution in [0.5, 0.6) is 5.75 Å². The predicted molar refractivity (Wildman–Crippen MR) is 82.8 cm³/mol. The van der Waals surface area contributed by atoms with Crippen molar-refractivity contribution in [2.75, 3.05) is 26.8 Å². The molecular formula is C17H20N2O4. The van der Waals surface area contributed by atoms with Crippen molar-refractivity contribution in [3.8, 4) is 11.8 Å². The average Bonchev–Trinajstić information content (AvgIpc) is 3.03. The molecule has 1 aliphatic carbocycles. The molecule has 0 heterocycles. The number of rotatable bonds is 7. The number of fused-ring (bicyclic) bond motifs is 1. The van der Waals surface area contributed by atoms with Crippen LogP contribution in [-0.4, -0.2) is 43.6 Å². The van der Waals surface area contributed by atoms with Gasteiger partial charge in [0.25, 0.3) is 5.91 Å². The normalized spacial score (nSPS) is 12.2. The largest absolute Gasteiger partial charge is 0.482 e. The molecule has 0 bridgehead atoms. The van der Waals surface area contributed by atoms with Gasteiger partial charge in [0, 0.05) is 13.6 Å². The van der Waals surface area contributed by atoms with Crippen LogP contribution in [0, 0.1) is 11.3 Å². The number of hydrogen-bond acceptors (Lipinski definition) is 5. The van der Waals surface area contributed by atoms with Gasteiger partial charge in [-0.1, -0.05) is 6.07 Å². The molecule has 0 saturated heterocycles. The second-order valence-corrected chi connectivity index (χ2v) is 5.46. The van der Waals surface area contributed by atoms with Gasteiger partial charge >= 0.3 is 5.97 Å². The topological polar surface area (TPSA) is 79.6 Å². The van der Waals surface area contributed by atoms with Gasteiger partial charge in [0.2, 0.25) is 0 Å². The van der Waals surface area contributed by atoms with Crippen molar-refractivity contribution >= 4 is 11.9 Å².